The summed E-state index contributed by atoms with van der Waals surface area (Å²) in [4.78, 5) is 25.1. The highest BCUT2D eigenvalue weighted by Crippen LogP contribution is 2.19. The van der Waals surface area contributed by atoms with Gasteiger partial charge in [-0.15, -0.1) is 0 Å². The SMILES string of the molecule is Cc1cccc(OC(=O)c2ccccc2C(=O)Oc2cccc(C)c2)c1. The Labute approximate surface area is 152 Å². The number of benzene rings is 3. The second-order valence-corrected chi connectivity index (χ2v) is 5.96. The number of esters is 2. The van der Waals surface area contributed by atoms with E-state index >= 15 is 0 Å². The number of carbonyl (C=O) groups is 2. The van der Waals surface area contributed by atoms with Gasteiger partial charge in [0.05, 0.1) is 11.1 Å². The van der Waals surface area contributed by atoms with E-state index in [9.17, 15) is 9.59 Å². The van der Waals surface area contributed by atoms with Gasteiger partial charge >= 0.3 is 11.9 Å². The van der Waals surface area contributed by atoms with E-state index in [-0.39, 0.29) is 11.1 Å². The lowest BCUT2D eigenvalue weighted by Gasteiger charge is -2.10. The third-order valence-corrected chi connectivity index (χ3v) is 3.77. The van der Waals surface area contributed by atoms with Crippen molar-refractivity contribution in [3.05, 3.63) is 95.1 Å². The van der Waals surface area contributed by atoms with Gasteiger partial charge in [0, 0.05) is 0 Å². The largest absolute Gasteiger partial charge is 0.423 e. The van der Waals surface area contributed by atoms with Crippen LogP contribution in [0.4, 0.5) is 0 Å². The Morgan fingerprint density at radius 2 is 1.04 bits per heavy atom. The topological polar surface area (TPSA) is 52.6 Å². The van der Waals surface area contributed by atoms with E-state index < -0.39 is 11.9 Å². The van der Waals surface area contributed by atoms with Gasteiger partial charge in [-0.25, -0.2) is 9.59 Å². The lowest BCUT2D eigenvalue weighted by molar-refractivity contribution is 0.0692. The van der Waals surface area contributed by atoms with Crippen molar-refractivity contribution in [2.75, 3.05) is 0 Å². The van der Waals surface area contributed by atoms with Crippen molar-refractivity contribution in [1.82, 2.24) is 0 Å². The van der Waals surface area contributed by atoms with Gasteiger partial charge in [0.2, 0.25) is 0 Å². The molecule has 0 spiro atoms. The third-order valence-electron chi connectivity index (χ3n) is 3.77. The molecule has 0 amide bonds. The molecule has 4 nitrogen and oxygen atoms in total. The first-order valence-electron chi connectivity index (χ1n) is 8.19. The summed E-state index contributed by atoms with van der Waals surface area (Å²) < 4.78 is 10.8. The summed E-state index contributed by atoms with van der Waals surface area (Å²) in [5.41, 5.74) is 2.27. The maximum absolute atomic E-state index is 12.5. The maximum Gasteiger partial charge on any atom is 0.344 e. The van der Waals surface area contributed by atoms with E-state index in [1.54, 1.807) is 60.7 Å². The Hall–Kier alpha value is -3.40. The highest BCUT2D eigenvalue weighted by molar-refractivity contribution is 6.04. The number of rotatable bonds is 4. The van der Waals surface area contributed by atoms with Gasteiger partial charge in [0.25, 0.3) is 0 Å². The van der Waals surface area contributed by atoms with E-state index in [1.807, 2.05) is 26.0 Å². The first-order chi connectivity index (χ1) is 12.5. The smallest absolute Gasteiger partial charge is 0.344 e. The first-order valence-corrected chi connectivity index (χ1v) is 8.19. The first kappa shape index (κ1) is 17.4. The molecule has 0 saturated carbocycles. The normalized spacial score (nSPS) is 10.2. The van der Waals surface area contributed by atoms with Gasteiger partial charge in [-0.2, -0.15) is 0 Å². The highest BCUT2D eigenvalue weighted by Gasteiger charge is 2.20. The molecule has 0 aliphatic heterocycles. The summed E-state index contributed by atoms with van der Waals surface area (Å²) in [5.74, 6) is -0.353. The molecule has 26 heavy (non-hydrogen) atoms. The summed E-state index contributed by atoms with van der Waals surface area (Å²) in [6, 6.07) is 20.8. The molecule has 0 bridgehead atoms. The fourth-order valence-corrected chi connectivity index (χ4v) is 2.52. The van der Waals surface area contributed by atoms with Crippen molar-refractivity contribution >= 4 is 11.9 Å². The van der Waals surface area contributed by atoms with Gasteiger partial charge < -0.3 is 9.47 Å². The molecule has 0 atom stereocenters. The van der Waals surface area contributed by atoms with Crippen molar-refractivity contribution in [2.24, 2.45) is 0 Å². The van der Waals surface area contributed by atoms with Crippen LogP contribution in [-0.4, -0.2) is 11.9 Å². The van der Waals surface area contributed by atoms with E-state index in [0.717, 1.165) is 11.1 Å². The lowest BCUT2D eigenvalue weighted by Crippen LogP contribution is -2.17. The Bertz CT molecular complexity index is 881. The molecule has 0 heterocycles. The molecule has 4 heteroatoms. The van der Waals surface area contributed by atoms with Gasteiger partial charge in [0.15, 0.2) is 0 Å². The van der Waals surface area contributed by atoms with Gasteiger partial charge in [-0.05, 0) is 61.4 Å². The number of hydrogen-bond acceptors (Lipinski definition) is 4. The summed E-state index contributed by atoms with van der Waals surface area (Å²) in [5, 5.41) is 0. The third kappa shape index (κ3) is 4.16. The minimum atomic E-state index is -0.604. The standard InChI is InChI=1S/C22H18O4/c1-15-7-5-9-17(13-15)25-21(23)19-11-3-4-12-20(19)22(24)26-18-10-6-8-16(2)14-18/h3-14H,1-2H3. The van der Waals surface area contributed by atoms with E-state index in [4.69, 9.17) is 9.47 Å². The Morgan fingerprint density at radius 3 is 1.42 bits per heavy atom. The van der Waals surface area contributed by atoms with Crippen molar-refractivity contribution in [3.8, 4) is 11.5 Å². The number of aryl methyl sites for hydroxylation is 2. The second kappa shape index (κ2) is 7.66. The fourth-order valence-electron chi connectivity index (χ4n) is 2.52. The highest BCUT2D eigenvalue weighted by atomic mass is 16.5. The van der Waals surface area contributed by atoms with Crippen molar-refractivity contribution < 1.29 is 19.1 Å². The summed E-state index contributed by atoms with van der Waals surface area (Å²) >= 11 is 0. The van der Waals surface area contributed by atoms with Crippen molar-refractivity contribution in [3.63, 3.8) is 0 Å². The predicted octanol–water partition coefficient (Wildman–Crippen LogP) is 4.74. The van der Waals surface area contributed by atoms with Gasteiger partial charge in [0.1, 0.15) is 11.5 Å². The van der Waals surface area contributed by atoms with E-state index in [2.05, 4.69) is 0 Å². The van der Waals surface area contributed by atoms with Crippen LogP contribution in [0.5, 0.6) is 11.5 Å². The van der Waals surface area contributed by atoms with E-state index in [0.29, 0.717) is 11.5 Å². The van der Waals surface area contributed by atoms with E-state index in [1.165, 1.54) is 0 Å². The minimum absolute atomic E-state index is 0.159. The van der Waals surface area contributed by atoms with Gasteiger partial charge in [-0.3, -0.25) is 0 Å². The zero-order chi connectivity index (χ0) is 18.5. The fraction of sp³-hybridized carbons (Fsp3) is 0.0909. The van der Waals surface area contributed by atoms with Crippen LogP contribution < -0.4 is 9.47 Å². The monoisotopic (exact) mass is 346 g/mol. The molecule has 0 aliphatic carbocycles. The molecular weight excluding hydrogens is 328 g/mol. The van der Waals surface area contributed by atoms with Crippen LogP contribution in [0.15, 0.2) is 72.8 Å². The second-order valence-electron chi connectivity index (χ2n) is 5.96. The van der Waals surface area contributed by atoms with Crippen LogP contribution in [0.3, 0.4) is 0 Å². The van der Waals surface area contributed by atoms with Crippen LogP contribution in [0.25, 0.3) is 0 Å². The zero-order valence-electron chi connectivity index (χ0n) is 14.6. The van der Waals surface area contributed by atoms with Crippen molar-refractivity contribution in [2.45, 2.75) is 13.8 Å². The quantitative estimate of drug-likeness (QED) is 0.506. The molecule has 130 valence electrons. The molecule has 0 fully saturated rings. The number of carbonyl (C=O) groups excluding carboxylic acids is 2. The number of hydrogen-bond donors (Lipinski definition) is 0. The molecule has 0 unspecified atom stereocenters. The Morgan fingerprint density at radius 1 is 0.615 bits per heavy atom. The van der Waals surface area contributed by atoms with Crippen molar-refractivity contribution in [1.29, 1.82) is 0 Å². The van der Waals surface area contributed by atoms with Crippen LogP contribution in [0.1, 0.15) is 31.8 Å². The molecule has 0 radical (unpaired) electrons. The molecule has 0 aromatic heterocycles. The maximum atomic E-state index is 12.5. The molecule has 3 rings (SSSR count). The zero-order valence-corrected chi connectivity index (χ0v) is 14.6. The number of ether oxygens (including phenoxy) is 2. The molecule has 3 aromatic carbocycles. The average molecular weight is 346 g/mol. The van der Waals surface area contributed by atoms with Crippen LogP contribution in [-0.2, 0) is 0 Å². The molecular formula is C22H18O4. The Balaban J connectivity index is 1.83. The predicted molar refractivity (Wildman–Crippen MR) is 98.7 cm³/mol. The van der Waals surface area contributed by atoms with Crippen LogP contribution >= 0.6 is 0 Å². The van der Waals surface area contributed by atoms with Gasteiger partial charge in [-0.1, -0.05) is 36.4 Å². The average Bonchev–Trinajstić information content (AvgIpc) is 2.61. The lowest BCUT2D eigenvalue weighted by atomic mass is 10.1. The minimum Gasteiger partial charge on any atom is -0.423 e. The molecule has 0 saturated heterocycles. The molecule has 0 N–H and O–H groups in total. The Kier molecular flexibility index (Phi) is 5.13. The summed E-state index contributed by atoms with van der Waals surface area (Å²) in [6.45, 7) is 3.81. The van der Waals surface area contributed by atoms with Crippen LogP contribution in [0, 0.1) is 13.8 Å². The molecule has 3 aromatic rings. The van der Waals surface area contributed by atoms with Crippen LogP contribution in [0.2, 0.25) is 0 Å². The summed E-state index contributed by atoms with van der Waals surface area (Å²) in [6.07, 6.45) is 0. The molecule has 0 aliphatic rings. The summed E-state index contributed by atoms with van der Waals surface area (Å²) in [7, 11) is 0.